The van der Waals surface area contributed by atoms with Gasteiger partial charge in [0.1, 0.15) is 17.4 Å². The predicted molar refractivity (Wildman–Crippen MR) is 61.4 cm³/mol. The number of carboxylic acids is 1. The van der Waals surface area contributed by atoms with E-state index in [1.165, 1.54) is 0 Å². The minimum atomic E-state index is -1.06. The molecule has 0 aromatic heterocycles. The molecule has 0 saturated carbocycles. The second-order valence-electron chi connectivity index (χ2n) is 4.57. The molecule has 0 aliphatic rings. The van der Waals surface area contributed by atoms with Crippen LogP contribution in [0.2, 0.25) is 0 Å². The maximum Gasteiger partial charge on any atom is 0.325 e. The van der Waals surface area contributed by atoms with Crippen molar-refractivity contribution in [3.05, 3.63) is 29.8 Å². The molecule has 88 valence electrons. The number of hydrogen-bond donors (Lipinski definition) is 2. The quantitative estimate of drug-likeness (QED) is 0.821. The fourth-order valence-corrected chi connectivity index (χ4v) is 1.29. The zero-order valence-electron chi connectivity index (χ0n) is 9.73. The van der Waals surface area contributed by atoms with Crippen molar-refractivity contribution in [2.75, 3.05) is 0 Å². The van der Waals surface area contributed by atoms with Crippen molar-refractivity contribution in [1.29, 1.82) is 0 Å². The number of carbonyl (C=O) groups is 1. The van der Waals surface area contributed by atoms with Crippen molar-refractivity contribution in [1.82, 2.24) is 0 Å². The van der Waals surface area contributed by atoms with Crippen LogP contribution >= 0.6 is 0 Å². The first-order valence-electron chi connectivity index (χ1n) is 5.07. The van der Waals surface area contributed by atoms with Gasteiger partial charge in [-0.25, -0.2) is 0 Å². The highest BCUT2D eigenvalue weighted by atomic mass is 16.5. The number of rotatable bonds is 3. The fraction of sp³-hybridized carbons (Fsp3) is 0.417. The van der Waals surface area contributed by atoms with Crippen molar-refractivity contribution < 1.29 is 14.6 Å². The molecule has 1 rings (SSSR count). The van der Waals surface area contributed by atoms with Gasteiger partial charge in [-0.2, -0.15) is 0 Å². The van der Waals surface area contributed by atoms with Gasteiger partial charge in [0, 0.05) is 5.56 Å². The molecule has 0 heterocycles. The molecule has 4 heteroatoms. The molecule has 0 aliphatic heterocycles. The Balaban J connectivity index is 3.05. The third-order valence-corrected chi connectivity index (χ3v) is 1.94. The first-order chi connectivity index (χ1) is 7.31. The van der Waals surface area contributed by atoms with Gasteiger partial charge in [0.25, 0.3) is 0 Å². The summed E-state index contributed by atoms with van der Waals surface area (Å²) in [6.07, 6.45) is 0. The van der Waals surface area contributed by atoms with Gasteiger partial charge >= 0.3 is 5.97 Å². The summed E-state index contributed by atoms with van der Waals surface area (Å²) >= 11 is 0. The van der Waals surface area contributed by atoms with Crippen LogP contribution in [0.3, 0.4) is 0 Å². The van der Waals surface area contributed by atoms with Crippen LogP contribution in [0.5, 0.6) is 5.75 Å². The number of ether oxygens (including phenoxy) is 1. The van der Waals surface area contributed by atoms with Crippen LogP contribution in [0, 0.1) is 0 Å². The average molecular weight is 223 g/mol. The topological polar surface area (TPSA) is 72.5 Å². The van der Waals surface area contributed by atoms with Gasteiger partial charge in [0.05, 0.1) is 0 Å². The van der Waals surface area contributed by atoms with Gasteiger partial charge < -0.3 is 15.6 Å². The first-order valence-corrected chi connectivity index (χ1v) is 5.07. The van der Waals surface area contributed by atoms with Crippen molar-refractivity contribution in [3.63, 3.8) is 0 Å². The van der Waals surface area contributed by atoms with Gasteiger partial charge in [-0.15, -0.1) is 0 Å². The Morgan fingerprint density at radius 3 is 2.44 bits per heavy atom. The van der Waals surface area contributed by atoms with Gasteiger partial charge in [0.15, 0.2) is 0 Å². The minimum Gasteiger partial charge on any atom is -0.488 e. The van der Waals surface area contributed by atoms with E-state index in [2.05, 4.69) is 0 Å². The zero-order chi connectivity index (χ0) is 12.3. The predicted octanol–water partition coefficient (Wildman–Crippen LogP) is 1.95. The average Bonchev–Trinajstić information content (AvgIpc) is 2.15. The van der Waals surface area contributed by atoms with Crippen molar-refractivity contribution >= 4 is 5.97 Å². The van der Waals surface area contributed by atoms with E-state index >= 15 is 0 Å². The molecule has 0 saturated heterocycles. The van der Waals surface area contributed by atoms with E-state index < -0.39 is 12.0 Å². The summed E-state index contributed by atoms with van der Waals surface area (Å²) in [5, 5.41) is 8.88. The lowest BCUT2D eigenvalue weighted by molar-refractivity contribution is -0.138. The summed E-state index contributed by atoms with van der Waals surface area (Å²) in [4.78, 5) is 10.8. The smallest absolute Gasteiger partial charge is 0.325 e. The van der Waals surface area contributed by atoms with Gasteiger partial charge in [-0.3, -0.25) is 4.79 Å². The van der Waals surface area contributed by atoms with Gasteiger partial charge in [-0.05, 0) is 26.8 Å². The normalized spacial score (nSPS) is 13.2. The molecule has 1 unspecified atom stereocenters. The number of nitrogens with two attached hydrogens (primary N) is 1. The maximum absolute atomic E-state index is 10.8. The molecule has 0 bridgehead atoms. The largest absolute Gasteiger partial charge is 0.488 e. The van der Waals surface area contributed by atoms with Crippen molar-refractivity contribution in [3.8, 4) is 5.75 Å². The van der Waals surface area contributed by atoms with E-state index in [4.69, 9.17) is 15.6 Å². The molecule has 16 heavy (non-hydrogen) atoms. The summed E-state index contributed by atoms with van der Waals surface area (Å²) in [6.45, 7) is 5.70. The number of hydrogen-bond acceptors (Lipinski definition) is 3. The number of benzene rings is 1. The monoisotopic (exact) mass is 223 g/mol. The molecule has 3 N–H and O–H groups in total. The molecule has 4 nitrogen and oxygen atoms in total. The second kappa shape index (κ2) is 4.53. The lowest BCUT2D eigenvalue weighted by Gasteiger charge is -2.24. The number of carboxylic acid groups (broad SMARTS) is 1. The summed E-state index contributed by atoms with van der Waals surface area (Å²) in [7, 11) is 0. The standard InChI is InChI=1S/C12H17NO3/c1-12(2,3)16-9-7-5-4-6-8(9)10(13)11(14)15/h4-7,10H,13H2,1-3H3,(H,14,15). The van der Waals surface area contributed by atoms with Crippen LogP contribution in [-0.2, 0) is 4.79 Å². The minimum absolute atomic E-state index is 0.381. The van der Waals surface area contributed by atoms with Crippen LogP contribution in [-0.4, -0.2) is 16.7 Å². The third-order valence-electron chi connectivity index (χ3n) is 1.94. The Labute approximate surface area is 95.0 Å². The lowest BCUT2D eigenvalue weighted by atomic mass is 10.1. The molecule has 1 aromatic rings. The highest BCUT2D eigenvalue weighted by Gasteiger charge is 2.21. The summed E-state index contributed by atoms with van der Waals surface area (Å²) in [5.41, 5.74) is 5.69. The second-order valence-corrected chi connectivity index (χ2v) is 4.57. The van der Waals surface area contributed by atoms with Crippen LogP contribution < -0.4 is 10.5 Å². The van der Waals surface area contributed by atoms with Crippen LogP contribution in [0.25, 0.3) is 0 Å². The summed E-state index contributed by atoms with van der Waals surface area (Å²) < 4.78 is 5.66. The molecule has 1 atom stereocenters. The highest BCUT2D eigenvalue weighted by molar-refractivity contribution is 5.76. The maximum atomic E-state index is 10.8. The number of aliphatic carboxylic acids is 1. The lowest BCUT2D eigenvalue weighted by Crippen LogP contribution is -2.26. The summed E-state index contributed by atoms with van der Waals surface area (Å²) in [5.74, 6) is -0.546. The van der Waals surface area contributed by atoms with Crippen molar-refractivity contribution in [2.24, 2.45) is 5.73 Å². The molecule has 0 fully saturated rings. The first kappa shape index (κ1) is 12.5. The molecule has 0 aliphatic carbocycles. The Morgan fingerprint density at radius 2 is 1.94 bits per heavy atom. The Hall–Kier alpha value is -1.55. The number of para-hydroxylation sites is 1. The SMILES string of the molecule is CC(C)(C)Oc1ccccc1C(N)C(=O)O. The Kier molecular flexibility index (Phi) is 3.55. The molecule has 0 radical (unpaired) electrons. The van der Waals surface area contributed by atoms with Crippen LogP contribution in [0.4, 0.5) is 0 Å². The van der Waals surface area contributed by atoms with Crippen LogP contribution in [0.15, 0.2) is 24.3 Å². The molecule has 1 aromatic carbocycles. The summed E-state index contributed by atoms with van der Waals surface area (Å²) in [6, 6.07) is 5.87. The Morgan fingerprint density at radius 1 is 1.38 bits per heavy atom. The van der Waals surface area contributed by atoms with E-state index in [9.17, 15) is 4.79 Å². The van der Waals surface area contributed by atoms with Crippen molar-refractivity contribution in [2.45, 2.75) is 32.4 Å². The molecular formula is C12H17NO3. The molecular weight excluding hydrogens is 206 g/mol. The van der Waals surface area contributed by atoms with Gasteiger partial charge in [-0.1, -0.05) is 18.2 Å². The third kappa shape index (κ3) is 3.24. The molecule has 0 spiro atoms. The molecule has 0 amide bonds. The van der Waals surface area contributed by atoms with E-state index in [1.54, 1.807) is 24.3 Å². The highest BCUT2D eigenvalue weighted by Crippen LogP contribution is 2.27. The van der Waals surface area contributed by atoms with E-state index in [-0.39, 0.29) is 5.60 Å². The Bertz CT molecular complexity index is 382. The van der Waals surface area contributed by atoms with E-state index in [0.717, 1.165) is 0 Å². The van der Waals surface area contributed by atoms with Gasteiger partial charge in [0.2, 0.25) is 0 Å². The van der Waals surface area contributed by atoms with E-state index in [1.807, 2.05) is 20.8 Å². The van der Waals surface area contributed by atoms with Crippen LogP contribution in [0.1, 0.15) is 32.4 Å². The van der Waals surface area contributed by atoms with E-state index in [0.29, 0.717) is 11.3 Å². The zero-order valence-corrected chi connectivity index (χ0v) is 9.73. The fourth-order valence-electron chi connectivity index (χ4n) is 1.29.